The van der Waals surface area contributed by atoms with Gasteiger partial charge in [0.25, 0.3) is 0 Å². The molecule has 0 saturated carbocycles. The lowest BCUT2D eigenvalue weighted by atomic mass is 10.1. The van der Waals surface area contributed by atoms with Crippen molar-refractivity contribution in [3.05, 3.63) is 33.8 Å². The lowest BCUT2D eigenvalue weighted by Crippen LogP contribution is -1.99. The first-order chi connectivity index (χ1) is 8.22. The van der Waals surface area contributed by atoms with Gasteiger partial charge >= 0.3 is 0 Å². The number of aryl methyl sites for hydroxylation is 1. The van der Waals surface area contributed by atoms with Crippen molar-refractivity contribution in [1.29, 1.82) is 0 Å². The molecule has 0 amide bonds. The highest BCUT2D eigenvalue weighted by atomic mass is 35.5. The van der Waals surface area contributed by atoms with Crippen molar-refractivity contribution in [1.82, 2.24) is 10.2 Å². The summed E-state index contributed by atoms with van der Waals surface area (Å²) in [4.78, 5) is 0. The van der Waals surface area contributed by atoms with Crippen LogP contribution in [-0.4, -0.2) is 16.7 Å². The Morgan fingerprint density at radius 1 is 1.35 bits per heavy atom. The van der Waals surface area contributed by atoms with Crippen LogP contribution in [0.1, 0.15) is 17.0 Å². The molecular formula is C12H14ClN3S. The van der Waals surface area contributed by atoms with Crippen LogP contribution in [0.5, 0.6) is 0 Å². The van der Waals surface area contributed by atoms with Crippen molar-refractivity contribution in [2.45, 2.75) is 19.8 Å². The molecule has 0 atom stereocenters. The number of hydrogen-bond donors (Lipinski definition) is 1. The predicted molar refractivity (Wildman–Crippen MR) is 72.5 cm³/mol. The molecule has 0 saturated heterocycles. The van der Waals surface area contributed by atoms with Gasteiger partial charge in [-0.1, -0.05) is 35.1 Å². The Hall–Kier alpha value is -0.970. The molecule has 2 rings (SSSR count). The molecule has 1 aromatic heterocycles. The fraction of sp³-hybridized carbons (Fsp3) is 0.333. The highest BCUT2D eigenvalue weighted by Gasteiger charge is 2.10. The molecule has 0 bridgehead atoms. The van der Waals surface area contributed by atoms with E-state index in [9.17, 15) is 0 Å². The van der Waals surface area contributed by atoms with Gasteiger partial charge in [0.1, 0.15) is 10.0 Å². The van der Waals surface area contributed by atoms with E-state index in [0.29, 0.717) is 6.54 Å². The van der Waals surface area contributed by atoms with Crippen LogP contribution in [0.2, 0.25) is 5.02 Å². The molecule has 2 N–H and O–H groups in total. The zero-order chi connectivity index (χ0) is 12.3. The number of aromatic nitrogens is 2. The number of halogens is 1. The van der Waals surface area contributed by atoms with Gasteiger partial charge in [0, 0.05) is 17.0 Å². The standard InChI is InChI=1S/C12H14ClN3S/c1-8-9(4-2-5-10(8)13)12-16-15-11(17-12)6-3-7-14/h2,4-5H,3,6-7,14H2,1H3. The lowest BCUT2D eigenvalue weighted by molar-refractivity contribution is 0.812. The minimum atomic E-state index is 0.686. The topological polar surface area (TPSA) is 51.8 Å². The molecule has 17 heavy (non-hydrogen) atoms. The molecule has 2 aromatic rings. The van der Waals surface area contributed by atoms with Crippen LogP contribution in [-0.2, 0) is 6.42 Å². The predicted octanol–water partition coefficient (Wildman–Crippen LogP) is 3.06. The largest absolute Gasteiger partial charge is 0.330 e. The zero-order valence-electron chi connectivity index (χ0n) is 9.61. The van der Waals surface area contributed by atoms with Crippen molar-refractivity contribution in [2.24, 2.45) is 5.73 Å². The molecule has 0 unspecified atom stereocenters. The lowest BCUT2D eigenvalue weighted by Gasteiger charge is -2.02. The SMILES string of the molecule is Cc1c(Cl)cccc1-c1nnc(CCCN)s1. The molecule has 0 spiro atoms. The van der Waals surface area contributed by atoms with E-state index in [4.69, 9.17) is 17.3 Å². The molecule has 5 heteroatoms. The average molecular weight is 268 g/mol. The van der Waals surface area contributed by atoms with E-state index in [1.165, 1.54) is 0 Å². The van der Waals surface area contributed by atoms with Crippen LogP contribution in [0.15, 0.2) is 18.2 Å². The van der Waals surface area contributed by atoms with E-state index in [1.54, 1.807) is 11.3 Å². The zero-order valence-corrected chi connectivity index (χ0v) is 11.2. The summed E-state index contributed by atoms with van der Waals surface area (Å²) >= 11 is 7.71. The highest BCUT2D eigenvalue weighted by Crippen LogP contribution is 2.30. The van der Waals surface area contributed by atoms with Crippen LogP contribution in [0, 0.1) is 6.92 Å². The summed E-state index contributed by atoms with van der Waals surface area (Å²) in [5.74, 6) is 0. The fourth-order valence-corrected chi connectivity index (χ4v) is 2.69. The summed E-state index contributed by atoms with van der Waals surface area (Å²) in [6.45, 7) is 2.68. The first-order valence-electron chi connectivity index (χ1n) is 5.50. The Morgan fingerprint density at radius 3 is 2.94 bits per heavy atom. The third kappa shape index (κ3) is 2.83. The molecule has 0 radical (unpaired) electrons. The van der Waals surface area contributed by atoms with Crippen molar-refractivity contribution >= 4 is 22.9 Å². The van der Waals surface area contributed by atoms with E-state index in [0.717, 1.165) is 39.0 Å². The summed E-state index contributed by atoms with van der Waals surface area (Å²) in [6.07, 6.45) is 1.84. The van der Waals surface area contributed by atoms with Crippen LogP contribution in [0.25, 0.3) is 10.6 Å². The van der Waals surface area contributed by atoms with Gasteiger partial charge in [-0.05, 0) is 31.5 Å². The number of benzene rings is 1. The van der Waals surface area contributed by atoms with Crippen LogP contribution in [0.3, 0.4) is 0 Å². The minimum Gasteiger partial charge on any atom is -0.330 e. The Bertz CT molecular complexity index is 510. The second kappa shape index (κ2) is 5.58. The summed E-state index contributed by atoms with van der Waals surface area (Å²) in [5, 5.41) is 11.1. The second-order valence-electron chi connectivity index (χ2n) is 3.81. The molecule has 1 aromatic carbocycles. The normalized spacial score (nSPS) is 10.8. The van der Waals surface area contributed by atoms with E-state index in [2.05, 4.69) is 10.2 Å². The van der Waals surface area contributed by atoms with Crippen LogP contribution in [0.4, 0.5) is 0 Å². The van der Waals surface area contributed by atoms with E-state index < -0.39 is 0 Å². The van der Waals surface area contributed by atoms with E-state index in [1.807, 2.05) is 25.1 Å². The van der Waals surface area contributed by atoms with Gasteiger partial charge in [-0.2, -0.15) is 0 Å². The minimum absolute atomic E-state index is 0.686. The summed E-state index contributed by atoms with van der Waals surface area (Å²) < 4.78 is 0. The quantitative estimate of drug-likeness (QED) is 0.926. The monoisotopic (exact) mass is 267 g/mol. The molecule has 0 aliphatic rings. The van der Waals surface area contributed by atoms with Crippen molar-refractivity contribution in [3.63, 3.8) is 0 Å². The third-order valence-electron chi connectivity index (χ3n) is 2.56. The number of rotatable bonds is 4. The molecule has 3 nitrogen and oxygen atoms in total. The van der Waals surface area contributed by atoms with Gasteiger partial charge in [-0.3, -0.25) is 0 Å². The smallest absolute Gasteiger partial charge is 0.148 e. The molecule has 1 heterocycles. The van der Waals surface area contributed by atoms with Gasteiger partial charge < -0.3 is 5.73 Å². The van der Waals surface area contributed by atoms with E-state index >= 15 is 0 Å². The highest BCUT2D eigenvalue weighted by molar-refractivity contribution is 7.14. The van der Waals surface area contributed by atoms with Crippen LogP contribution < -0.4 is 5.73 Å². The maximum Gasteiger partial charge on any atom is 0.148 e. The van der Waals surface area contributed by atoms with Gasteiger partial charge in [-0.25, -0.2) is 0 Å². The van der Waals surface area contributed by atoms with Gasteiger partial charge in [0.15, 0.2) is 0 Å². The van der Waals surface area contributed by atoms with Crippen molar-refractivity contribution in [2.75, 3.05) is 6.54 Å². The fourth-order valence-electron chi connectivity index (χ4n) is 1.56. The Kier molecular flexibility index (Phi) is 4.10. The molecule has 0 fully saturated rings. The first-order valence-corrected chi connectivity index (χ1v) is 6.69. The number of hydrogen-bond acceptors (Lipinski definition) is 4. The molecule has 0 aliphatic heterocycles. The second-order valence-corrected chi connectivity index (χ2v) is 5.27. The van der Waals surface area contributed by atoms with Gasteiger partial charge in [0.2, 0.25) is 0 Å². The van der Waals surface area contributed by atoms with Gasteiger partial charge in [0.05, 0.1) is 0 Å². The number of nitrogens with zero attached hydrogens (tertiary/aromatic N) is 2. The third-order valence-corrected chi connectivity index (χ3v) is 3.99. The molecule has 0 aliphatic carbocycles. The summed E-state index contributed by atoms with van der Waals surface area (Å²) in [7, 11) is 0. The Labute approximate surface area is 110 Å². The number of nitrogens with two attached hydrogens (primary N) is 1. The Balaban J connectivity index is 2.27. The van der Waals surface area contributed by atoms with Crippen molar-refractivity contribution in [3.8, 4) is 10.6 Å². The average Bonchev–Trinajstić information content (AvgIpc) is 2.78. The maximum absolute atomic E-state index is 6.09. The van der Waals surface area contributed by atoms with Gasteiger partial charge in [-0.15, -0.1) is 10.2 Å². The maximum atomic E-state index is 6.09. The Morgan fingerprint density at radius 2 is 2.18 bits per heavy atom. The molecular weight excluding hydrogens is 254 g/mol. The van der Waals surface area contributed by atoms with Crippen molar-refractivity contribution < 1.29 is 0 Å². The molecule has 90 valence electrons. The summed E-state index contributed by atoms with van der Waals surface area (Å²) in [5.41, 5.74) is 7.59. The summed E-state index contributed by atoms with van der Waals surface area (Å²) in [6, 6.07) is 5.84. The van der Waals surface area contributed by atoms with Crippen LogP contribution >= 0.6 is 22.9 Å². The first kappa shape index (κ1) is 12.5. The van der Waals surface area contributed by atoms with E-state index in [-0.39, 0.29) is 0 Å².